The second-order valence-electron chi connectivity index (χ2n) is 4.35. The quantitative estimate of drug-likeness (QED) is 0.752. The molecule has 0 fully saturated rings. The summed E-state index contributed by atoms with van der Waals surface area (Å²) in [4.78, 5) is 16.3. The van der Waals surface area contributed by atoms with Gasteiger partial charge >= 0.3 is 6.03 Å². The number of hydrogen-bond acceptors (Lipinski definition) is 1. The summed E-state index contributed by atoms with van der Waals surface area (Å²) in [6, 6.07) is 9.99. The van der Waals surface area contributed by atoms with Gasteiger partial charge in [-0.1, -0.05) is 32.0 Å². The Labute approximate surface area is 110 Å². The minimum atomic E-state index is 0.118. The van der Waals surface area contributed by atoms with Crippen LogP contribution in [-0.2, 0) is 0 Å². The van der Waals surface area contributed by atoms with Crippen LogP contribution in [0.3, 0.4) is 0 Å². The number of nitrogens with zero attached hydrogens (tertiary/aromatic N) is 2. The molecule has 0 aliphatic rings. The first kappa shape index (κ1) is 14.6. The molecule has 3 nitrogen and oxygen atoms in total. The zero-order valence-electron chi connectivity index (χ0n) is 11.7. The molecule has 0 spiro atoms. The van der Waals surface area contributed by atoms with Gasteiger partial charge < -0.3 is 4.90 Å². The van der Waals surface area contributed by atoms with Crippen LogP contribution in [0.25, 0.3) is 0 Å². The molecule has 0 aromatic heterocycles. The predicted molar refractivity (Wildman–Crippen MR) is 77.0 cm³/mol. The molecule has 3 heteroatoms. The molecule has 1 rings (SSSR count). The van der Waals surface area contributed by atoms with Crippen LogP contribution in [0, 0.1) is 0 Å². The highest BCUT2D eigenvalue weighted by Crippen LogP contribution is 2.15. The number of rotatable bonds is 6. The summed E-state index contributed by atoms with van der Waals surface area (Å²) >= 11 is 0. The highest BCUT2D eigenvalue weighted by molar-refractivity contribution is 5.91. The van der Waals surface area contributed by atoms with E-state index < -0.39 is 0 Å². The first-order valence-electron chi connectivity index (χ1n) is 6.86. The van der Waals surface area contributed by atoms with Gasteiger partial charge in [-0.25, -0.2) is 4.79 Å². The van der Waals surface area contributed by atoms with Gasteiger partial charge in [0.25, 0.3) is 0 Å². The molecule has 0 heterocycles. The van der Waals surface area contributed by atoms with Crippen molar-refractivity contribution in [2.24, 2.45) is 0 Å². The number of para-hydroxylation sites is 1. The number of urea groups is 1. The standard InChI is InChI=1S/C15H24N2O/c1-4-12-16(13-5-2)15(18)17(6-3)14-10-8-7-9-11-14/h7-11H,4-6,12-13H2,1-3H3. The van der Waals surface area contributed by atoms with Crippen LogP contribution in [0.2, 0.25) is 0 Å². The van der Waals surface area contributed by atoms with Crippen molar-refractivity contribution in [3.05, 3.63) is 30.3 Å². The number of hydrogen-bond donors (Lipinski definition) is 0. The van der Waals surface area contributed by atoms with E-state index in [1.165, 1.54) is 0 Å². The third-order valence-corrected chi connectivity index (χ3v) is 2.87. The van der Waals surface area contributed by atoms with E-state index in [-0.39, 0.29) is 6.03 Å². The van der Waals surface area contributed by atoms with Crippen molar-refractivity contribution in [1.29, 1.82) is 0 Å². The lowest BCUT2D eigenvalue weighted by atomic mass is 10.3. The largest absolute Gasteiger partial charge is 0.324 e. The van der Waals surface area contributed by atoms with Gasteiger partial charge in [0.05, 0.1) is 0 Å². The topological polar surface area (TPSA) is 23.6 Å². The summed E-state index contributed by atoms with van der Waals surface area (Å²) in [6.45, 7) is 8.59. The molecule has 0 N–H and O–H groups in total. The molecule has 0 aliphatic carbocycles. The van der Waals surface area contributed by atoms with E-state index in [9.17, 15) is 4.79 Å². The van der Waals surface area contributed by atoms with Crippen molar-refractivity contribution in [3.8, 4) is 0 Å². The van der Waals surface area contributed by atoms with E-state index in [1.807, 2.05) is 47.1 Å². The number of anilines is 1. The predicted octanol–water partition coefficient (Wildman–Crippen LogP) is 3.75. The molecule has 2 amide bonds. The lowest BCUT2D eigenvalue weighted by Crippen LogP contribution is -2.44. The van der Waals surface area contributed by atoms with Crippen LogP contribution in [0.1, 0.15) is 33.6 Å². The smallest absolute Gasteiger partial charge is 0.324 e. The summed E-state index contributed by atoms with van der Waals surface area (Å²) in [5.41, 5.74) is 0.974. The van der Waals surface area contributed by atoms with Gasteiger partial charge in [-0.15, -0.1) is 0 Å². The van der Waals surface area contributed by atoms with E-state index in [0.29, 0.717) is 6.54 Å². The third-order valence-electron chi connectivity index (χ3n) is 2.87. The fourth-order valence-corrected chi connectivity index (χ4v) is 2.05. The normalized spacial score (nSPS) is 10.2. The molecular formula is C15H24N2O. The molecule has 0 bridgehead atoms. The van der Waals surface area contributed by atoms with Gasteiger partial charge in [0.2, 0.25) is 0 Å². The van der Waals surface area contributed by atoms with Crippen LogP contribution in [0.15, 0.2) is 30.3 Å². The van der Waals surface area contributed by atoms with E-state index in [0.717, 1.165) is 31.6 Å². The molecule has 0 saturated heterocycles. The maximum atomic E-state index is 12.5. The van der Waals surface area contributed by atoms with Gasteiger partial charge in [0.1, 0.15) is 0 Å². The van der Waals surface area contributed by atoms with E-state index >= 15 is 0 Å². The van der Waals surface area contributed by atoms with Crippen LogP contribution in [0.4, 0.5) is 10.5 Å². The zero-order valence-corrected chi connectivity index (χ0v) is 11.7. The van der Waals surface area contributed by atoms with Crippen LogP contribution >= 0.6 is 0 Å². The van der Waals surface area contributed by atoms with E-state index in [4.69, 9.17) is 0 Å². The van der Waals surface area contributed by atoms with Gasteiger partial charge in [-0.3, -0.25) is 4.90 Å². The van der Waals surface area contributed by atoms with E-state index in [1.54, 1.807) is 0 Å². The third kappa shape index (κ3) is 3.76. The van der Waals surface area contributed by atoms with E-state index in [2.05, 4.69) is 13.8 Å². The van der Waals surface area contributed by atoms with Crippen LogP contribution < -0.4 is 4.90 Å². The second-order valence-corrected chi connectivity index (χ2v) is 4.35. The Morgan fingerprint density at radius 1 is 1.00 bits per heavy atom. The number of benzene rings is 1. The molecule has 1 aromatic rings. The Hall–Kier alpha value is -1.51. The van der Waals surface area contributed by atoms with Crippen molar-refractivity contribution in [3.63, 3.8) is 0 Å². The molecule has 0 atom stereocenters. The zero-order chi connectivity index (χ0) is 13.4. The Morgan fingerprint density at radius 2 is 1.56 bits per heavy atom. The number of amides is 2. The molecule has 0 unspecified atom stereocenters. The lowest BCUT2D eigenvalue weighted by molar-refractivity contribution is 0.205. The minimum Gasteiger partial charge on any atom is -0.324 e. The molecule has 0 radical (unpaired) electrons. The lowest BCUT2D eigenvalue weighted by Gasteiger charge is -2.29. The van der Waals surface area contributed by atoms with Gasteiger partial charge in [-0.2, -0.15) is 0 Å². The minimum absolute atomic E-state index is 0.118. The molecule has 0 aliphatic heterocycles. The fraction of sp³-hybridized carbons (Fsp3) is 0.533. The van der Waals surface area contributed by atoms with Crippen molar-refractivity contribution >= 4 is 11.7 Å². The average Bonchev–Trinajstić information content (AvgIpc) is 2.40. The Balaban J connectivity index is 2.83. The highest BCUT2D eigenvalue weighted by atomic mass is 16.2. The Kier molecular flexibility index (Phi) is 6.26. The molecule has 100 valence electrons. The number of carbonyl (C=O) groups excluding carboxylic acids is 1. The summed E-state index contributed by atoms with van der Waals surface area (Å²) in [5, 5.41) is 0. The Bertz CT molecular complexity index is 345. The average molecular weight is 248 g/mol. The van der Waals surface area contributed by atoms with Crippen molar-refractivity contribution in [2.75, 3.05) is 24.5 Å². The summed E-state index contributed by atoms with van der Waals surface area (Å²) < 4.78 is 0. The molecule has 0 saturated carbocycles. The first-order valence-corrected chi connectivity index (χ1v) is 6.86. The Morgan fingerprint density at radius 3 is 2.00 bits per heavy atom. The summed E-state index contributed by atoms with van der Waals surface area (Å²) in [5.74, 6) is 0. The van der Waals surface area contributed by atoms with Crippen molar-refractivity contribution in [2.45, 2.75) is 33.6 Å². The maximum absolute atomic E-state index is 12.5. The fourth-order valence-electron chi connectivity index (χ4n) is 2.05. The molecular weight excluding hydrogens is 224 g/mol. The molecule has 1 aromatic carbocycles. The van der Waals surface area contributed by atoms with Crippen molar-refractivity contribution < 1.29 is 4.79 Å². The summed E-state index contributed by atoms with van der Waals surface area (Å²) in [7, 11) is 0. The molecule has 18 heavy (non-hydrogen) atoms. The van der Waals surface area contributed by atoms with Gasteiger partial charge in [0.15, 0.2) is 0 Å². The number of carbonyl (C=O) groups is 1. The van der Waals surface area contributed by atoms with Crippen LogP contribution in [-0.4, -0.2) is 30.6 Å². The SMILES string of the molecule is CCCN(CCC)C(=O)N(CC)c1ccccc1. The second kappa shape index (κ2) is 7.75. The summed E-state index contributed by atoms with van der Waals surface area (Å²) in [6.07, 6.45) is 2.00. The van der Waals surface area contributed by atoms with Crippen LogP contribution in [0.5, 0.6) is 0 Å². The highest BCUT2D eigenvalue weighted by Gasteiger charge is 2.19. The van der Waals surface area contributed by atoms with Gasteiger partial charge in [-0.05, 0) is 31.9 Å². The monoisotopic (exact) mass is 248 g/mol. The van der Waals surface area contributed by atoms with Gasteiger partial charge in [0, 0.05) is 25.3 Å². The van der Waals surface area contributed by atoms with Crippen molar-refractivity contribution in [1.82, 2.24) is 4.90 Å². The maximum Gasteiger partial charge on any atom is 0.324 e. The first-order chi connectivity index (χ1) is 8.74.